The molecule has 0 aromatic heterocycles. The van der Waals surface area contributed by atoms with E-state index in [0.717, 1.165) is 33.7 Å². The molecular weight excluding hydrogens is 328 g/mol. The molecule has 0 aliphatic carbocycles. The highest BCUT2D eigenvalue weighted by atomic mass is 79.9. The van der Waals surface area contributed by atoms with Gasteiger partial charge < -0.3 is 9.47 Å². The molecule has 0 radical (unpaired) electrons. The summed E-state index contributed by atoms with van der Waals surface area (Å²) in [6.07, 6.45) is 1.06. The summed E-state index contributed by atoms with van der Waals surface area (Å²) in [6.45, 7) is 1.39. The van der Waals surface area contributed by atoms with Gasteiger partial charge in [0.1, 0.15) is 11.9 Å². The standard InChI is InChI=1S/C14H15BrO3S/c15-11-5-9-1-2-18-14(9)10(6-11)7-12(16)13-8-19-4-3-17-13/h5-6,13H,1-4,7-8H2. The molecule has 3 rings (SSSR count). The number of thioether (sulfide) groups is 1. The van der Waals surface area contributed by atoms with Crippen molar-refractivity contribution in [3.63, 3.8) is 0 Å². The molecule has 0 bridgehead atoms. The Bertz CT molecular complexity index is 498. The van der Waals surface area contributed by atoms with Crippen LogP contribution in [0.5, 0.6) is 5.75 Å². The Labute approximate surface area is 125 Å². The van der Waals surface area contributed by atoms with Crippen molar-refractivity contribution < 1.29 is 14.3 Å². The lowest BCUT2D eigenvalue weighted by molar-refractivity contribution is -0.128. The number of benzene rings is 1. The van der Waals surface area contributed by atoms with Gasteiger partial charge >= 0.3 is 0 Å². The van der Waals surface area contributed by atoms with E-state index in [2.05, 4.69) is 22.0 Å². The first-order chi connectivity index (χ1) is 9.24. The maximum Gasteiger partial charge on any atom is 0.166 e. The van der Waals surface area contributed by atoms with Gasteiger partial charge in [0.15, 0.2) is 5.78 Å². The molecule has 0 amide bonds. The molecule has 1 unspecified atom stereocenters. The van der Waals surface area contributed by atoms with Crippen molar-refractivity contribution >= 4 is 33.5 Å². The minimum Gasteiger partial charge on any atom is -0.493 e. The van der Waals surface area contributed by atoms with Crippen LogP contribution in [-0.2, 0) is 22.4 Å². The Hall–Kier alpha value is -0.520. The quantitative estimate of drug-likeness (QED) is 0.845. The van der Waals surface area contributed by atoms with Gasteiger partial charge in [-0.05, 0) is 17.7 Å². The van der Waals surface area contributed by atoms with E-state index >= 15 is 0 Å². The normalized spacial score (nSPS) is 21.8. The lowest BCUT2D eigenvalue weighted by atomic mass is 10.0. The van der Waals surface area contributed by atoms with Crippen molar-refractivity contribution in [1.29, 1.82) is 0 Å². The molecule has 2 heterocycles. The summed E-state index contributed by atoms with van der Waals surface area (Å²) in [4.78, 5) is 12.3. The van der Waals surface area contributed by atoms with Crippen molar-refractivity contribution in [1.82, 2.24) is 0 Å². The minimum absolute atomic E-state index is 0.156. The molecule has 1 saturated heterocycles. The number of hydrogen-bond acceptors (Lipinski definition) is 4. The maximum atomic E-state index is 12.3. The fourth-order valence-corrected chi connectivity index (χ4v) is 3.88. The molecule has 1 aromatic carbocycles. The van der Waals surface area contributed by atoms with Crippen LogP contribution in [0.15, 0.2) is 16.6 Å². The van der Waals surface area contributed by atoms with Crippen molar-refractivity contribution in [2.24, 2.45) is 0 Å². The van der Waals surface area contributed by atoms with Gasteiger partial charge in [-0.1, -0.05) is 15.9 Å². The molecule has 3 nitrogen and oxygen atoms in total. The molecule has 0 saturated carbocycles. The van der Waals surface area contributed by atoms with Crippen LogP contribution >= 0.6 is 27.7 Å². The molecule has 2 aliphatic heterocycles. The number of halogens is 1. The highest BCUT2D eigenvalue weighted by Gasteiger charge is 2.25. The fraction of sp³-hybridized carbons (Fsp3) is 0.500. The summed E-state index contributed by atoms with van der Waals surface area (Å²) in [5, 5.41) is 0. The molecule has 2 aliphatic rings. The van der Waals surface area contributed by atoms with Gasteiger partial charge in [0.05, 0.1) is 13.2 Å². The third-order valence-corrected chi connectivity index (χ3v) is 4.82. The largest absolute Gasteiger partial charge is 0.493 e. The van der Waals surface area contributed by atoms with Crippen LogP contribution in [0.25, 0.3) is 0 Å². The monoisotopic (exact) mass is 342 g/mol. The molecule has 19 heavy (non-hydrogen) atoms. The first-order valence-corrected chi connectivity index (χ1v) is 8.35. The third-order valence-electron chi connectivity index (χ3n) is 3.37. The highest BCUT2D eigenvalue weighted by Crippen LogP contribution is 2.33. The van der Waals surface area contributed by atoms with E-state index in [9.17, 15) is 4.79 Å². The topological polar surface area (TPSA) is 35.5 Å². The van der Waals surface area contributed by atoms with Crippen LogP contribution in [0.4, 0.5) is 0 Å². The SMILES string of the molecule is O=C(Cc1cc(Br)cc2c1OCC2)C1CSCCO1. The van der Waals surface area contributed by atoms with Crippen LogP contribution in [0, 0.1) is 0 Å². The van der Waals surface area contributed by atoms with E-state index in [1.807, 2.05) is 6.07 Å². The predicted molar refractivity (Wildman–Crippen MR) is 79.1 cm³/mol. The van der Waals surface area contributed by atoms with Gasteiger partial charge in [0, 0.05) is 34.4 Å². The van der Waals surface area contributed by atoms with Crippen LogP contribution in [0.2, 0.25) is 0 Å². The lowest BCUT2D eigenvalue weighted by Crippen LogP contribution is -2.32. The average Bonchev–Trinajstić information content (AvgIpc) is 2.88. The van der Waals surface area contributed by atoms with E-state index in [-0.39, 0.29) is 11.9 Å². The summed E-state index contributed by atoms with van der Waals surface area (Å²) in [7, 11) is 0. The number of fused-ring (bicyclic) bond motifs is 1. The Balaban J connectivity index is 1.77. The molecule has 1 aromatic rings. The molecule has 0 spiro atoms. The highest BCUT2D eigenvalue weighted by molar-refractivity contribution is 9.10. The molecule has 1 fully saturated rings. The molecule has 102 valence electrons. The number of ketones is 1. The van der Waals surface area contributed by atoms with Crippen molar-refractivity contribution in [3.05, 3.63) is 27.7 Å². The van der Waals surface area contributed by atoms with Gasteiger partial charge in [0.2, 0.25) is 0 Å². The van der Waals surface area contributed by atoms with Crippen LogP contribution in [0.3, 0.4) is 0 Å². The van der Waals surface area contributed by atoms with Gasteiger partial charge in [-0.2, -0.15) is 11.8 Å². The van der Waals surface area contributed by atoms with E-state index < -0.39 is 0 Å². The van der Waals surface area contributed by atoms with Gasteiger partial charge in [-0.25, -0.2) is 0 Å². The Kier molecular flexibility index (Phi) is 4.15. The third kappa shape index (κ3) is 2.98. The minimum atomic E-state index is -0.255. The summed E-state index contributed by atoms with van der Waals surface area (Å²) in [5.74, 6) is 2.82. The van der Waals surface area contributed by atoms with E-state index in [1.54, 1.807) is 11.8 Å². The molecule has 0 N–H and O–H groups in total. The van der Waals surface area contributed by atoms with Crippen LogP contribution < -0.4 is 4.74 Å². The number of Topliss-reactive ketones (excluding diaryl/α,β-unsaturated/α-hetero) is 1. The Morgan fingerprint density at radius 2 is 2.32 bits per heavy atom. The number of hydrogen-bond donors (Lipinski definition) is 0. The predicted octanol–water partition coefficient (Wildman–Crippen LogP) is 2.63. The van der Waals surface area contributed by atoms with Crippen molar-refractivity contribution in [2.75, 3.05) is 24.7 Å². The zero-order valence-corrected chi connectivity index (χ0v) is 12.9. The van der Waals surface area contributed by atoms with Crippen LogP contribution in [0.1, 0.15) is 11.1 Å². The summed E-state index contributed by atoms with van der Waals surface area (Å²) in [5.41, 5.74) is 2.17. The van der Waals surface area contributed by atoms with Gasteiger partial charge in [0.25, 0.3) is 0 Å². The smallest absolute Gasteiger partial charge is 0.166 e. The second-order valence-corrected chi connectivity index (χ2v) is 6.79. The van der Waals surface area contributed by atoms with Crippen LogP contribution in [-0.4, -0.2) is 36.6 Å². The van der Waals surface area contributed by atoms with E-state index in [4.69, 9.17) is 9.47 Å². The number of ether oxygens (including phenoxy) is 2. The molecule has 5 heteroatoms. The van der Waals surface area contributed by atoms with Gasteiger partial charge in [-0.15, -0.1) is 0 Å². The summed E-state index contributed by atoms with van der Waals surface area (Å²) < 4.78 is 12.2. The van der Waals surface area contributed by atoms with E-state index in [0.29, 0.717) is 19.6 Å². The second kappa shape index (κ2) is 5.85. The first-order valence-electron chi connectivity index (χ1n) is 6.40. The average molecular weight is 343 g/mol. The van der Waals surface area contributed by atoms with Crippen molar-refractivity contribution in [3.8, 4) is 5.75 Å². The van der Waals surface area contributed by atoms with E-state index in [1.165, 1.54) is 5.56 Å². The summed E-state index contributed by atoms with van der Waals surface area (Å²) >= 11 is 5.28. The van der Waals surface area contributed by atoms with Crippen molar-refractivity contribution in [2.45, 2.75) is 18.9 Å². The first kappa shape index (κ1) is 13.5. The number of rotatable bonds is 3. The lowest BCUT2D eigenvalue weighted by Gasteiger charge is -2.21. The molecular formula is C14H15BrO3S. The van der Waals surface area contributed by atoms with Gasteiger partial charge in [-0.3, -0.25) is 4.79 Å². The zero-order chi connectivity index (χ0) is 13.2. The Morgan fingerprint density at radius 1 is 1.42 bits per heavy atom. The number of carbonyl (C=O) groups excluding carboxylic acids is 1. The second-order valence-electron chi connectivity index (χ2n) is 4.73. The zero-order valence-electron chi connectivity index (χ0n) is 10.5. The fourth-order valence-electron chi connectivity index (χ4n) is 2.45. The summed E-state index contributed by atoms with van der Waals surface area (Å²) in [6, 6.07) is 4.06. The molecule has 1 atom stereocenters. The maximum absolute atomic E-state index is 12.3. The number of carbonyl (C=O) groups is 1. The Morgan fingerprint density at radius 3 is 3.11 bits per heavy atom.